The van der Waals surface area contributed by atoms with E-state index < -0.39 is 0 Å². The zero-order valence-electron chi connectivity index (χ0n) is 6.52. The molecule has 52 valence electrons. The van der Waals surface area contributed by atoms with Gasteiger partial charge in [-0.05, 0) is 20.3 Å². The Balaban J connectivity index is 2.95. The van der Waals surface area contributed by atoms with Crippen molar-refractivity contribution in [3.8, 4) is 12.3 Å². The van der Waals surface area contributed by atoms with E-state index in [1.54, 1.807) is 0 Å². The summed E-state index contributed by atoms with van der Waals surface area (Å²) >= 11 is 0. The molecule has 1 aliphatic rings. The summed E-state index contributed by atoms with van der Waals surface area (Å²) in [6.45, 7) is 4.19. The van der Waals surface area contributed by atoms with Gasteiger partial charge < -0.3 is 0 Å². The largest absolute Gasteiger partial charge is 0.119 e. The van der Waals surface area contributed by atoms with Crippen LogP contribution >= 0.6 is 0 Å². The van der Waals surface area contributed by atoms with E-state index in [1.807, 2.05) is 0 Å². The molecule has 0 nitrogen and oxygen atoms in total. The maximum atomic E-state index is 5.40. The second-order valence-corrected chi connectivity index (χ2v) is 2.96. The molecule has 0 heterocycles. The zero-order valence-corrected chi connectivity index (χ0v) is 6.52. The summed E-state index contributed by atoms with van der Waals surface area (Å²) in [4.78, 5) is 0. The predicted molar refractivity (Wildman–Crippen MR) is 44.5 cm³/mol. The first kappa shape index (κ1) is 7.15. The van der Waals surface area contributed by atoms with Gasteiger partial charge in [-0.2, -0.15) is 0 Å². The van der Waals surface area contributed by atoms with Crippen molar-refractivity contribution in [3.05, 3.63) is 23.8 Å². The maximum absolute atomic E-state index is 5.40. The summed E-state index contributed by atoms with van der Waals surface area (Å²) in [5, 5.41) is 0. The van der Waals surface area contributed by atoms with Gasteiger partial charge in [-0.1, -0.05) is 29.7 Å². The van der Waals surface area contributed by atoms with Crippen LogP contribution in [-0.4, -0.2) is 0 Å². The highest BCUT2D eigenvalue weighted by molar-refractivity contribution is 5.31. The average Bonchev–Trinajstić information content (AvgIpc) is 1.96. The summed E-state index contributed by atoms with van der Waals surface area (Å²) in [6, 6.07) is 0. The van der Waals surface area contributed by atoms with Crippen LogP contribution < -0.4 is 0 Å². The summed E-state index contributed by atoms with van der Waals surface area (Å²) in [6.07, 6.45) is 12.6. The van der Waals surface area contributed by atoms with E-state index in [1.165, 1.54) is 5.57 Å². The highest BCUT2D eigenvalue weighted by atomic mass is 14.2. The summed E-state index contributed by atoms with van der Waals surface area (Å²) in [5.74, 6) is 2.81. The summed E-state index contributed by atoms with van der Waals surface area (Å²) in [5.41, 5.74) is 1.27. The van der Waals surface area contributed by atoms with Gasteiger partial charge >= 0.3 is 0 Å². The Morgan fingerprint density at radius 3 is 2.80 bits per heavy atom. The Bertz CT molecular complexity index is 225. The summed E-state index contributed by atoms with van der Waals surface area (Å²) < 4.78 is 0. The fraction of sp³-hybridized carbons (Fsp3) is 0.400. The minimum absolute atomic E-state index is 0.0191. The molecule has 0 bridgehead atoms. The third-order valence-corrected chi connectivity index (χ3v) is 2.20. The molecule has 0 aliphatic heterocycles. The first-order chi connectivity index (χ1) is 4.69. The molecule has 0 aromatic heterocycles. The van der Waals surface area contributed by atoms with E-state index in [0.29, 0.717) is 0 Å². The molecule has 0 aromatic carbocycles. The minimum Gasteiger partial charge on any atom is -0.119 e. The zero-order chi connectivity index (χ0) is 7.61. The van der Waals surface area contributed by atoms with Crippen LogP contribution in [-0.2, 0) is 0 Å². The number of allylic oxidation sites excluding steroid dienone is 4. The van der Waals surface area contributed by atoms with Crippen LogP contribution in [0.5, 0.6) is 0 Å². The molecule has 0 heteroatoms. The Morgan fingerprint density at radius 1 is 1.70 bits per heavy atom. The third kappa shape index (κ3) is 0.998. The van der Waals surface area contributed by atoms with E-state index >= 15 is 0 Å². The molecule has 0 N–H and O–H groups in total. The molecule has 0 fully saturated rings. The Labute approximate surface area is 62.6 Å². The van der Waals surface area contributed by atoms with Crippen molar-refractivity contribution in [2.45, 2.75) is 20.3 Å². The molecular weight excluding hydrogens is 120 g/mol. The first-order valence-corrected chi connectivity index (χ1v) is 3.51. The Morgan fingerprint density at radius 2 is 2.40 bits per heavy atom. The van der Waals surface area contributed by atoms with E-state index in [-0.39, 0.29) is 5.41 Å². The highest BCUT2D eigenvalue weighted by Gasteiger charge is 2.22. The standard InChI is InChI=1S/C10H12/c1-4-10(3)8-6-5-7-9(10)2/h1,5-7H,8H2,2-3H3. The van der Waals surface area contributed by atoms with Crippen LogP contribution in [0.2, 0.25) is 0 Å². The van der Waals surface area contributed by atoms with Crippen LogP contribution in [0.1, 0.15) is 20.3 Å². The lowest BCUT2D eigenvalue weighted by Gasteiger charge is -2.25. The van der Waals surface area contributed by atoms with Gasteiger partial charge in [0.05, 0.1) is 5.41 Å². The number of rotatable bonds is 0. The molecule has 1 unspecified atom stereocenters. The van der Waals surface area contributed by atoms with E-state index in [4.69, 9.17) is 6.42 Å². The third-order valence-electron chi connectivity index (χ3n) is 2.20. The van der Waals surface area contributed by atoms with Crippen molar-refractivity contribution >= 4 is 0 Å². The number of hydrogen-bond donors (Lipinski definition) is 0. The molecule has 0 radical (unpaired) electrons. The minimum atomic E-state index is -0.0191. The van der Waals surface area contributed by atoms with Crippen molar-refractivity contribution in [1.82, 2.24) is 0 Å². The van der Waals surface area contributed by atoms with Gasteiger partial charge in [0.25, 0.3) is 0 Å². The van der Waals surface area contributed by atoms with E-state index in [2.05, 4.69) is 38.0 Å². The smallest absolute Gasteiger partial charge is 0.0526 e. The van der Waals surface area contributed by atoms with Gasteiger partial charge in [-0.3, -0.25) is 0 Å². The average molecular weight is 132 g/mol. The normalized spacial score (nSPS) is 31.1. The van der Waals surface area contributed by atoms with E-state index in [9.17, 15) is 0 Å². The van der Waals surface area contributed by atoms with E-state index in [0.717, 1.165) is 6.42 Å². The van der Waals surface area contributed by atoms with Crippen molar-refractivity contribution in [2.75, 3.05) is 0 Å². The lowest BCUT2D eigenvalue weighted by atomic mass is 9.78. The molecule has 1 atom stereocenters. The number of hydrogen-bond acceptors (Lipinski definition) is 0. The molecule has 0 amide bonds. The van der Waals surface area contributed by atoms with Crippen molar-refractivity contribution < 1.29 is 0 Å². The van der Waals surface area contributed by atoms with Gasteiger partial charge in [0.15, 0.2) is 0 Å². The molecule has 0 spiro atoms. The molecule has 1 aliphatic carbocycles. The van der Waals surface area contributed by atoms with Crippen molar-refractivity contribution in [2.24, 2.45) is 5.41 Å². The molecule has 0 saturated heterocycles. The van der Waals surface area contributed by atoms with Gasteiger partial charge in [0.1, 0.15) is 0 Å². The van der Waals surface area contributed by atoms with Crippen LogP contribution in [0.15, 0.2) is 23.8 Å². The molecule has 0 aromatic rings. The van der Waals surface area contributed by atoms with Crippen molar-refractivity contribution in [1.29, 1.82) is 0 Å². The van der Waals surface area contributed by atoms with Crippen LogP contribution in [0, 0.1) is 17.8 Å². The highest BCUT2D eigenvalue weighted by Crippen LogP contribution is 2.32. The van der Waals surface area contributed by atoms with Gasteiger partial charge in [0.2, 0.25) is 0 Å². The fourth-order valence-corrected chi connectivity index (χ4v) is 1.03. The fourth-order valence-electron chi connectivity index (χ4n) is 1.03. The predicted octanol–water partition coefficient (Wildman–Crippen LogP) is 2.53. The van der Waals surface area contributed by atoms with Crippen LogP contribution in [0.4, 0.5) is 0 Å². The molecular formula is C10H12. The second kappa shape index (κ2) is 2.34. The van der Waals surface area contributed by atoms with Gasteiger partial charge in [-0.25, -0.2) is 0 Å². The Hall–Kier alpha value is -0.960. The van der Waals surface area contributed by atoms with Crippen LogP contribution in [0.3, 0.4) is 0 Å². The van der Waals surface area contributed by atoms with Gasteiger partial charge in [-0.15, -0.1) is 6.42 Å². The lowest BCUT2D eigenvalue weighted by Crippen LogP contribution is -2.15. The summed E-state index contributed by atoms with van der Waals surface area (Å²) in [7, 11) is 0. The van der Waals surface area contributed by atoms with Gasteiger partial charge in [0, 0.05) is 0 Å². The first-order valence-electron chi connectivity index (χ1n) is 3.51. The topological polar surface area (TPSA) is 0 Å². The molecule has 10 heavy (non-hydrogen) atoms. The SMILES string of the molecule is C#CC1(C)CC=CC=C1C. The quantitative estimate of drug-likeness (QED) is 0.444. The molecule has 0 saturated carbocycles. The monoisotopic (exact) mass is 132 g/mol. The maximum Gasteiger partial charge on any atom is 0.0526 e. The molecule has 1 rings (SSSR count). The van der Waals surface area contributed by atoms with Crippen molar-refractivity contribution in [3.63, 3.8) is 0 Å². The lowest BCUT2D eigenvalue weighted by molar-refractivity contribution is 0.541. The van der Waals surface area contributed by atoms with Crippen LogP contribution in [0.25, 0.3) is 0 Å². The second-order valence-electron chi connectivity index (χ2n) is 2.96. The number of terminal acetylenes is 1. The Kier molecular flexibility index (Phi) is 1.68.